The summed E-state index contributed by atoms with van der Waals surface area (Å²) in [5.74, 6) is -1.16. The lowest BCUT2D eigenvalue weighted by Crippen LogP contribution is -2.39. The van der Waals surface area contributed by atoms with Crippen LogP contribution in [-0.2, 0) is 20.7 Å². The van der Waals surface area contributed by atoms with E-state index in [0.29, 0.717) is 45.0 Å². The van der Waals surface area contributed by atoms with Crippen LogP contribution in [0.4, 0.5) is 11.4 Å². The fourth-order valence-corrected chi connectivity index (χ4v) is 5.22. The zero-order valence-electron chi connectivity index (χ0n) is 20.8. The minimum Gasteiger partial charge on any atom is -0.462 e. The van der Waals surface area contributed by atoms with Crippen molar-refractivity contribution in [3.63, 3.8) is 0 Å². The first-order valence-electron chi connectivity index (χ1n) is 12.1. The Labute approximate surface area is 246 Å². The first-order valence-corrected chi connectivity index (χ1v) is 13.6. The van der Waals surface area contributed by atoms with Crippen molar-refractivity contribution < 1.29 is 19.1 Å². The molecule has 0 bridgehead atoms. The molecule has 1 saturated heterocycles. The molecule has 1 heterocycles. The summed E-state index contributed by atoms with van der Waals surface area (Å²) in [6.45, 7) is 2.31. The van der Waals surface area contributed by atoms with E-state index in [1.54, 1.807) is 72.5 Å². The van der Waals surface area contributed by atoms with Crippen LogP contribution < -0.4 is 10.2 Å². The van der Waals surface area contributed by atoms with E-state index in [-0.39, 0.29) is 30.0 Å². The van der Waals surface area contributed by atoms with Crippen molar-refractivity contribution in [2.45, 2.75) is 25.8 Å². The van der Waals surface area contributed by atoms with E-state index in [2.05, 4.69) is 5.32 Å². The predicted molar refractivity (Wildman–Crippen MR) is 158 cm³/mol. The van der Waals surface area contributed by atoms with E-state index in [0.717, 1.165) is 5.56 Å². The van der Waals surface area contributed by atoms with Crippen molar-refractivity contribution >= 4 is 81.3 Å². The van der Waals surface area contributed by atoms with Crippen LogP contribution in [0, 0.1) is 0 Å². The molecule has 1 aliphatic heterocycles. The molecule has 3 aromatic rings. The number of nitrogens with zero attached hydrogens (tertiary/aromatic N) is 2. The summed E-state index contributed by atoms with van der Waals surface area (Å²) in [5, 5.41) is 4.61. The number of halogens is 3. The molecule has 3 aromatic carbocycles. The third-order valence-corrected chi connectivity index (χ3v) is 7.36. The van der Waals surface area contributed by atoms with Gasteiger partial charge in [0, 0.05) is 27.3 Å². The van der Waals surface area contributed by atoms with Gasteiger partial charge in [-0.15, -0.1) is 0 Å². The van der Waals surface area contributed by atoms with Crippen LogP contribution in [0.5, 0.6) is 0 Å². The van der Waals surface area contributed by atoms with Gasteiger partial charge in [0.1, 0.15) is 6.04 Å². The molecule has 39 heavy (non-hydrogen) atoms. The highest BCUT2D eigenvalue weighted by Crippen LogP contribution is 2.29. The number of anilines is 2. The minimum atomic E-state index is -0.847. The number of benzene rings is 3. The summed E-state index contributed by atoms with van der Waals surface area (Å²) in [6, 6.07) is 17.4. The Kier molecular flexibility index (Phi) is 9.45. The van der Waals surface area contributed by atoms with Crippen molar-refractivity contribution in [2.75, 3.05) is 23.4 Å². The van der Waals surface area contributed by atoms with Gasteiger partial charge in [0.2, 0.25) is 5.91 Å². The molecule has 0 spiro atoms. The van der Waals surface area contributed by atoms with Gasteiger partial charge in [-0.05, 0) is 91.8 Å². The molecule has 4 rings (SSSR count). The number of carbonyl (C=O) groups excluding carboxylic acids is 3. The molecule has 1 fully saturated rings. The monoisotopic (exact) mass is 603 g/mol. The molecular formula is C28H24Cl3N3O4S. The second-order valence-corrected chi connectivity index (χ2v) is 10.3. The third-order valence-electron chi connectivity index (χ3n) is 6.10. The summed E-state index contributed by atoms with van der Waals surface area (Å²) < 4.78 is 5.04. The number of hydrogen-bond acceptors (Lipinski definition) is 5. The van der Waals surface area contributed by atoms with Crippen LogP contribution in [0.25, 0.3) is 0 Å². The van der Waals surface area contributed by atoms with Gasteiger partial charge < -0.3 is 15.0 Å². The van der Waals surface area contributed by atoms with Crippen LogP contribution >= 0.6 is 47.0 Å². The summed E-state index contributed by atoms with van der Waals surface area (Å²) in [6.07, 6.45) is 0.335. The predicted octanol–water partition coefficient (Wildman–Crippen LogP) is 6.40. The maximum absolute atomic E-state index is 13.7. The molecule has 2 amide bonds. The Morgan fingerprint density at radius 2 is 1.64 bits per heavy atom. The van der Waals surface area contributed by atoms with Crippen LogP contribution in [0.15, 0.2) is 66.7 Å². The maximum Gasteiger partial charge on any atom is 0.338 e. The summed E-state index contributed by atoms with van der Waals surface area (Å²) in [7, 11) is 0. The Hall–Kier alpha value is -3.17. The average molecular weight is 605 g/mol. The van der Waals surface area contributed by atoms with Gasteiger partial charge in [-0.25, -0.2) is 4.79 Å². The second-order valence-electron chi connectivity index (χ2n) is 8.68. The Bertz CT molecular complexity index is 1400. The van der Waals surface area contributed by atoms with Gasteiger partial charge in [0.05, 0.1) is 24.3 Å². The first kappa shape index (κ1) is 28.8. The number of esters is 1. The Balaban J connectivity index is 1.57. The lowest BCUT2D eigenvalue weighted by molar-refractivity contribution is -0.124. The van der Waals surface area contributed by atoms with Crippen molar-refractivity contribution in [3.05, 3.63) is 92.9 Å². The van der Waals surface area contributed by atoms with Crippen LogP contribution in [0.1, 0.15) is 29.3 Å². The summed E-state index contributed by atoms with van der Waals surface area (Å²) >= 11 is 24.1. The molecule has 0 saturated carbocycles. The maximum atomic E-state index is 13.7. The molecule has 0 aromatic heterocycles. The zero-order valence-corrected chi connectivity index (χ0v) is 23.9. The van der Waals surface area contributed by atoms with E-state index in [1.807, 2.05) is 6.07 Å². The largest absolute Gasteiger partial charge is 0.462 e. The van der Waals surface area contributed by atoms with Crippen LogP contribution in [0.2, 0.25) is 15.1 Å². The Morgan fingerprint density at radius 1 is 0.974 bits per heavy atom. The molecule has 0 radical (unpaired) electrons. The van der Waals surface area contributed by atoms with Crippen molar-refractivity contribution in [2.24, 2.45) is 0 Å². The van der Waals surface area contributed by atoms with Crippen LogP contribution in [-0.4, -0.2) is 47.0 Å². The number of hydrogen-bond donors (Lipinski definition) is 1. The average Bonchev–Trinajstić information content (AvgIpc) is 3.13. The van der Waals surface area contributed by atoms with Gasteiger partial charge in [-0.3, -0.25) is 14.5 Å². The summed E-state index contributed by atoms with van der Waals surface area (Å²) in [5.41, 5.74) is 2.22. The molecule has 202 valence electrons. The highest BCUT2D eigenvalue weighted by Gasteiger charge is 2.44. The van der Waals surface area contributed by atoms with Crippen LogP contribution in [0.3, 0.4) is 0 Å². The van der Waals surface area contributed by atoms with Crippen molar-refractivity contribution in [1.82, 2.24) is 4.90 Å². The topological polar surface area (TPSA) is 78.9 Å². The van der Waals surface area contributed by atoms with Gasteiger partial charge in [0.15, 0.2) is 5.11 Å². The number of rotatable bonds is 9. The fraction of sp³-hybridized carbons (Fsp3) is 0.214. The molecule has 0 aliphatic carbocycles. The normalized spacial score (nSPS) is 15.0. The van der Waals surface area contributed by atoms with E-state index in [9.17, 15) is 14.4 Å². The second kappa shape index (κ2) is 12.8. The minimum absolute atomic E-state index is 0.132. The standard InChI is InChI=1S/C28H24Cl3N3O4S/c1-2-38-27(37)18-4-11-22(12-5-18)34-26(36)24(16-25(35)32-21-9-7-19(29)8-10-21)33(28(34)39)14-13-17-3-6-20(30)15-23(17)31/h3-12,15,24H,2,13-14,16H2,1H3,(H,32,35). The number of thiocarbonyl (C=S) groups is 1. The first-order chi connectivity index (χ1) is 18.7. The van der Waals surface area contributed by atoms with E-state index in [4.69, 9.17) is 51.8 Å². The number of ether oxygens (including phenoxy) is 1. The molecule has 11 heteroatoms. The third kappa shape index (κ3) is 6.89. The quantitative estimate of drug-likeness (QED) is 0.225. The zero-order chi connectivity index (χ0) is 28.1. The summed E-state index contributed by atoms with van der Waals surface area (Å²) in [4.78, 5) is 41.8. The molecule has 1 N–H and O–H groups in total. The number of carbonyl (C=O) groups is 3. The number of nitrogens with one attached hydrogen (secondary N) is 1. The van der Waals surface area contributed by atoms with Crippen molar-refractivity contribution in [3.8, 4) is 0 Å². The lowest BCUT2D eigenvalue weighted by Gasteiger charge is -2.24. The number of amides is 2. The van der Waals surface area contributed by atoms with E-state index in [1.165, 1.54) is 4.90 Å². The highest BCUT2D eigenvalue weighted by molar-refractivity contribution is 7.80. The SMILES string of the molecule is CCOC(=O)c1ccc(N2C(=O)C(CC(=O)Nc3ccc(Cl)cc3)N(CCc3ccc(Cl)cc3Cl)C2=S)cc1. The fourth-order valence-electron chi connectivity index (χ4n) is 4.17. The van der Waals surface area contributed by atoms with Crippen molar-refractivity contribution in [1.29, 1.82) is 0 Å². The highest BCUT2D eigenvalue weighted by atomic mass is 35.5. The lowest BCUT2D eigenvalue weighted by atomic mass is 10.1. The smallest absolute Gasteiger partial charge is 0.338 e. The molecule has 1 aliphatic rings. The van der Waals surface area contributed by atoms with E-state index >= 15 is 0 Å². The molecule has 7 nitrogen and oxygen atoms in total. The van der Waals surface area contributed by atoms with E-state index < -0.39 is 12.0 Å². The molecule has 1 atom stereocenters. The van der Waals surface area contributed by atoms with Gasteiger partial charge in [-0.1, -0.05) is 40.9 Å². The van der Waals surface area contributed by atoms with Gasteiger partial charge in [0.25, 0.3) is 5.91 Å². The molecular weight excluding hydrogens is 581 g/mol. The van der Waals surface area contributed by atoms with Gasteiger partial charge >= 0.3 is 5.97 Å². The Morgan fingerprint density at radius 3 is 2.28 bits per heavy atom. The van der Waals surface area contributed by atoms with Gasteiger partial charge in [-0.2, -0.15) is 0 Å². The molecule has 1 unspecified atom stereocenters.